The van der Waals surface area contributed by atoms with Gasteiger partial charge in [0.25, 0.3) is 5.56 Å². The highest BCUT2D eigenvalue weighted by Gasteiger charge is 2.18. The van der Waals surface area contributed by atoms with Crippen LogP contribution < -0.4 is 11.3 Å². The van der Waals surface area contributed by atoms with Crippen LogP contribution in [0.2, 0.25) is 0 Å². The fourth-order valence-corrected chi connectivity index (χ4v) is 2.27. The topological polar surface area (TPSA) is 89.6 Å². The Bertz CT molecular complexity index is 806. The van der Waals surface area contributed by atoms with E-state index < -0.39 is 0 Å². The number of rotatable bonds is 3. The summed E-state index contributed by atoms with van der Waals surface area (Å²) in [6.45, 7) is 2.32. The number of nitrogens with zero attached hydrogens (tertiary/aromatic N) is 3. The number of hydrogen-bond acceptors (Lipinski definition) is 4. The van der Waals surface area contributed by atoms with E-state index in [1.165, 1.54) is 4.68 Å². The highest BCUT2D eigenvalue weighted by molar-refractivity contribution is 5.86. The van der Waals surface area contributed by atoms with Crippen LogP contribution in [0.5, 0.6) is 0 Å². The summed E-state index contributed by atoms with van der Waals surface area (Å²) in [5, 5.41) is 11.2. The van der Waals surface area contributed by atoms with Crippen molar-refractivity contribution in [3.63, 3.8) is 0 Å². The minimum Gasteiger partial charge on any atom is -0.394 e. The van der Waals surface area contributed by atoms with Gasteiger partial charge in [-0.3, -0.25) is 9.89 Å². The van der Waals surface area contributed by atoms with E-state index in [4.69, 9.17) is 5.73 Å². The van der Waals surface area contributed by atoms with Crippen LogP contribution in [0.3, 0.4) is 0 Å². The third-order valence-electron chi connectivity index (χ3n) is 3.31. The van der Waals surface area contributed by atoms with Crippen molar-refractivity contribution in [2.75, 3.05) is 5.73 Å². The lowest BCUT2D eigenvalue weighted by Crippen LogP contribution is -2.26. The van der Waals surface area contributed by atoms with Gasteiger partial charge in [-0.05, 0) is 13.0 Å². The van der Waals surface area contributed by atoms with Crippen molar-refractivity contribution >= 4 is 5.69 Å². The van der Waals surface area contributed by atoms with E-state index in [0.717, 1.165) is 5.56 Å². The van der Waals surface area contributed by atoms with Gasteiger partial charge in [0.2, 0.25) is 0 Å². The average molecular weight is 281 g/mol. The van der Waals surface area contributed by atoms with Crippen molar-refractivity contribution in [1.82, 2.24) is 20.0 Å². The maximum absolute atomic E-state index is 12.2. The summed E-state index contributed by atoms with van der Waals surface area (Å²) in [5.74, 6) is 0. The first-order valence-corrected chi connectivity index (χ1v) is 6.68. The van der Waals surface area contributed by atoms with Crippen molar-refractivity contribution < 1.29 is 0 Å². The highest BCUT2D eigenvalue weighted by atomic mass is 16.1. The van der Waals surface area contributed by atoms with Crippen molar-refractivity contribution in [2.24, 2.45) is 0 Å². The van der Waals surface area contributed by atoms with Crippen LogP contribution in [0.1, 0.15) is 6.92 Å². The maximum Gasteiger partial charge on any atom is 0.290 e. The highest BCUT2D eigenvalue weighted by Crippen LogP contribution is 2.31. The molecule has 0 aliphatic heterocycles. The number of benzene rings is 1. The van der Waals surface area contributed by atoms with E-state index in [-0.39, 0.29) is 11.2 Å². The second kappa shape index (κ2) is 5.24. The van der Waals surface area contributed by atoms with Gasteiger partial charge in [0.15, 0.2) is 0 Å². The molecule has 0 fully saturated rings. The van der Waals surface area contributed by atoms with Gasteiger partial charge in [-0.2, -0.15) is 10.2 Å². The quantitative estimate of drug-likeness (QED) is 0.767. The summed E-state index contributed by atoms with van der Waals surface area (Å²) in [7, 11) is 0. The third-order valence-corrected chi connectivity index (χ3v) is 3.31. The lowest BCUT2D eigenvalue weighted by Gasteiger charge is -2.13. The average Bonchev–Trinajstić information content (AvgIpc) is 3.04. The van der Waals surface area contributed by atoms with Crippen LogP contribution in [0.4, 0.5) is 5.69 Å². The summed E-state index contributed by atoms with van der Waals surface area (Å²) in [4.78, 5) is 12.2. The molecule has 0 unspecified atom stereocenters. The molecule has 0 saturated heterocycles. The molecule has 0 aliphatic rings. The van der Waals surface area contributed by atoms with Crippen LogP contribution in [0.15, 0.2) is 47.4 Å². The smallest absolute Gasteiger partial charge is 0.290 e. The van der Waals surface area contributed by atoms with E-state index in [2.05, 4.69) is 15.3 Å². The molecule has 106 valence electrons. The fraction of sp³-hybridized carbons (Fsp3) is 0.133. The zero-order valence-corrected chi connectivity index (χ0v) is 11.6. The molecule has 6 nitrogen and oxygen atoms in total. The largest absolute Gasteiger partial charge is 0.394 e. The lowest BCUT2D eigenvalue weighted by molar-refractivity contribution is 0.622. The molecule has 2 aromatic heterocycles. The molecule has 3 aromatic rings. The Morgan fingerprint density at radius 1 is 1.24 bits per heavy atom. The van der Waals surface area contributed by atoms with Gasteiger partial charge in [0.1, 0.15) is 11.4 Å². The van der Waals surface area contributed by atoms with Gasteiger partial charge in [-0.1, -0.05) is 30.3 Å². The Labute approximate surface area is 121 Å². The summed E-state index contributed by atoms with van der Waals surface area (Å²) >= 11 is 0. The number of nitrogens with one attached hydrogen (secondary N) is 1. The standard InChI is InChI=1S/C15H15N5O/c1-2-20-15(21)13(16)12(11-8-9-17-18-11)14(19-20)10-6-4-3-5-7-10/h3-9H,2,16H2,1H3,(H,17,18). The number of hydrogen-bond donors (Lipinski definition) is 2. The number of nitrogens with two attached hydrogens (primary N) is 1. The second-order valence-electron chi connectivity index (χ2n) is 4.59. The second-order valence-corrected chi connectivity index (χ2v) is 4.59. The molecule has 0 saturated carbocycles. The Hall–Kier alpha value is -2.89. The molecular weight excluding hydrogens is 266 g/mol. The Morgan fingerprint density at radius 2 is 2.00 bits per heavy atom. The molecule has 6 heteroatoms. The SMILES string of the molecule is CCn1nc(-c2ccccc2)c(-c2ccn[nH]2)c(N)c1=O. The van der Waals surface area contributed by atoms with E-state index in [9.17, 15) is 4.79 Å². The molecule has 0 radical (unpaired) electrons. The van der Waals surface area contributed by atoms with E-state index in [0.29, 0.717) is 23.5 Å². The van der Waals surface area contributed by atoms with Crippen molar-refractivity contribution in [1.29, 1.82) is 0 Å². The zero-order valence-electron chi connectivity index (χ0n) is 11.6. The maximum atomic E-state index is 12.2. The van der Waals surface area contributed by atoms with E-state index in [1.807, 2.05) is 37.3 Å². The zero-order chi connectivity index (χ0) is 14.8. The van der Waals surface area contributed by atoms with Crippen molar-refractivity contribution in [3.8, 4) is 22.5 Å². The molecule has 0 amide bonds. The minimum absolute atomic E-state index is 0.176. The minimum atomic E-state index is -0.290. The number of H-pyrrole nitrogens is 1. The predicted molar refractivity (Wildman–Crippen MR) is 81.6 cm³/mol. The number of aromatic nitrogens is 4. The normalized spacial score (nSPS) is 10.7. The third kappa shape index (κ3) is 2.20. The molecule has 0 bridgehead atoms. The van der Waals surface area contributed by atoms with Gasteiger partial charge in [0.05, 0.1) is 11.3 Å². The first-order chi connectivity index (χ1) is 10.2. The van der Waals surface area contributed by atoms with Crippen LogP contribution in [-0.2, 0) is 6.54 Å². The molecule has 0 aliphatic carbocycles. The molecule has 3 N–H and O–H groups in total. The number of aromatic amines is 1. The van der Waals surface area contributed by atoms with Crippen LogP contribution in [0, 0.1) is 0 Å². The van der Waals surface area contributed by atoms with Gasteiger partial charge >= 0.3 is 0 Å². The summed E-state index contributed by atoms with van der Waals surface area (Å²) in [6, 6.07) is 11.4. The molecule has 2 heterocycles. The number of aryl methyl sites for hydroxylation is 1. The van der Waals surface area contributed by atoms with Crippen LogP contribution in [-0.4, -0.2) is 20.0 Å². The first-order valence-electron chi connectivity index (χ1n) is 6.68. The van der Waals surface area contributed by atoms with Gasteiger partial charge in [-0.15, -0.1) is 0 Å². The summed E-state index contributed by atoms with van der Waals surface area (Å²) < 4.78 is 1.37. The number of nitrogen functional groups attached to an aromatic ring is 1. The Morgan fingerprint density at radius 3 is 2.62 bits per heavy atom. The molecule has 0 spiro atoms. The number of anilines is 1. The summed E-state index contributed by atoms with van der Waals surface area (Å²) in [5.41, 5.74) is 8.79. The van der Waals surface area contributed by atoms with E-state index >= 15 is 0 Å². The fourth-order valence-electron chi connectivity index (χ4n) is 2.27. The van der Waals surface area contributed by atoms with Gasteiger partial charge < -0.3 is 5.73 Å². The molecule has 3 rings (SSSR count). The van der Waals surface area contributed by atoms with Gasteiger partial charge in [-0.25, -0.2) is 4.68 Å². The lowest BCUT2D eigenvalue weighted by atomic mass is 10.0. The molecule has 1 aromatic carbocycles. The Kier molecular flexibility index (Phi) is 3.27. The molecule has 0 atom stereocenters. The van der Waals surface area contributed by atoms with Crippen LogP contribution >= 0.6 is 0 Å². The molecule has 21 heavy (non-hydrogen) atoms. The van der Waals surface area contributed by atoms with Crippen molar-refractivity contribution in [3.05, 3.63) is 52.9 Å². The Balaban J connectivity index is 2.36. The van der Waals surface area contributed by atoms with Gasteiger partial charge in [0, 0.05) is 18.3 Å². The summed E-state index contributed by atoms with van der Waals surface area (Å²) in [6.07, 6.45) is 1.62. The molecular formula is C15H15N5O. The first kappa shape index (κ1) is 13.1. The van der Waals surface area contributed by atoms with Crippen molar-refractivity contribution in [2.45, 2.75) is 13.5 Å². The van der Waals surface area contributed by atoms with E-state index in [1.54, 1.807) is 12.3 Å². The monoisotopic (exact) mass is 281 g/mol. The van der Waals surface area contributed by atoms with Crippen LogP contribution in [0.25, 0.3) is 22.5 Å². The predicted octanol–water partition coefficient (Wildman–Crippen LogP) is 1.90.